The Bertz CT molecular complexity index is 579. The van der Waals surface area contributed by atoms with Crippen molar-refractivity contribution in [1.82, 2.24) is 21.3 Å². The zero-order valence-corrected chi connectivity index (χ0v) is 12.9. The zero-order valence-electron chi connectivity index (χ0n) is 12.9. The highest BCUT2D eigenvalue weighted by atomic mass is 16.4. The van der Waals surface area contributed by atoms with Crippen molar-refractivity contribution in [3.05, 3.63) is 0 Å². The number of urea groups is 2. The number of aliphatic carboxylic acids is 1. The summed E-state index contributed by atoms with van der Waals surface area (Å²) >= 11 is 0. The van der Waals surface area contributed by atoms with Gasteiger partial charge in [-0.15, -0.1) is 0 Å². The van der Waals surface area contributed by atoms with Crippen LogP contribution in [0.5, 0.6) is 0 Å². The summed E-state index contributed by atoms with van der Waals surface area (Å²) in [5, 5.41) is 16.9. The molecular formula is C12H17N5O7. The fraction of sp³-hybridized carbons (Fsp3) is 0.500. The van der Waals surface area contributed by atoms with E-state index in [0.29, 0.717) is 0 Å². The first-order chi connectivity index (χ1) is 10.9. The minimum Gasteiger partial charge on any atom is -0.481 e. The molecule has 2 atom stereocenters. The van der Waals surface area contributed by atoms with Crippen LogP contribution in [0.1, 0.15) is 26.7 Å². The van der Waals surface area contributed by atoms with Gasteiger partial charge < -0.3 is 21.5 Å². The number of carboxylic acids is 1. The van der Waals surface area contributed by atoms with E-state index in [9.17, 15) is 28.8 Å². The van der Waals surface area contributed by atoms with Gasteiger partial charge in [-0.25, -0.2) is 9.59 Å². The maximum atomic E-state index is 11.0. The van der Waals surface area contributed by atoms with E-state index in [1.165, 1.54) is 13.8 Å². The van der Waals surface area contributed by atoms with Gasteiger partial charge in [0.15, 0.2) is 0 Å². The van der Waals surface area contributed by atoms with E-state index in [-0.39, 0.29) is 6.42 Å². The average Bonchev–Trinajstić information content (AvgIpc) is 2.73. The van der Waals surface area contributed by atoms with Gasteiger partial charge in [0.2, 0.25) is 5.91 Å². The lowest BCUT2D eigenvalue weighted by Crippen LogP contribution is -2.46. The van der Waals surface area contributed by atoms with Crippen LogP contribution in [0.4, 0.5) is 9.59 Å². The quantitative estimate of drug-likeness (QED) is 0.304. The molecule has 24 heavy (non-hydrogen) atoms. The molecule has 2 unspecified atom stereocenters. The van der Waals surface area contributed by atoms with E-state index in [0.717, 1.165) is 0 Å². The number of primary amides is 1. The second kappa shape index (κ2) is 6.52. The highest BCUT2D eigenvalue weighted by Gasteiger charge is 2.44. The molecule has 2 heterocycles. The van der Waals surface area contributed by atoms with Crippen molar-refractivity contribution in [3.63, 3.8) is 0 Å². The van der Waals surface area contributed by atoms with Crippen LogP contribution in [-0.4, -0.2) is 51.9 Å². The predicted octanol–water partition coefficient (Wildman–Crippen LogP) is -2.48. The Balaban J connectivity index is 0.000000240. The molecule has 2 rings (SSSR count). The summed E-state index contributed by atoms with van der Waals surface area (Å²) in [6.07, 6.45) is -0.602. The molecule has 7 amide bonds. The molecule has 0 aromatic carbocycles. The summed E-state index contributed by atoms with van der Waals surface area (Å²) in [7, 11) is 0. The Morgan fingerprint density at radius 2 is 1.29 bits per heavy atom. The SMILES string of the molecule is CC1(CC(=O)O)NC(=O)NC1=O.CC1(CC(N)=O)NC(=O)NC1=O. The van der Waals surface area contributed by atoms with Crippen LogP contribution in [0.3, 0.4) is 0 Å². The molecule has 0 spiro atoms. The van der Waals surface area contributed by atoms with Crippen molar-refractivity contribution in [2.45, 2.75) is 37.8 Å². The Kier molecular flexibility index (Phi) is 5.12. The third kappa shape index (κ3) is 4.41. The molecule has 2 aliphatic heterocycles. The number of nitrogens with one attached hydrogen (secondary N) is 4. The van der Waals surface area contributed by atoms with Crippen LogP contribution in [0.25, 0.3) is 0 Å². The highest BCUT2D eigenvalue weighted by Crippen LogP contribution is 2.14. The van der Waals surface area contributed by atoms with Gasteiger partial charge >= 0.3 is 18.0 Å². The summed E-state index contributed by atoms with van der Waals surface area (Å²) in [5.74, 6) is -2.88. The van der Waals surface area contributed by atoms with Crippen molar-refractivity contribution < 1.29 is 33.9 Å². The standard InChI is InChI=1S/C6H9N3O3.C6H8N2O4/c1-6(2-3(7)10)4(11)8-5(12)9-6;1-6(2-3(9)10)4(11)7-5(12)8-6/h2H2,1H3,(H2,7,10)(H2,8,9,11,12);2H2,1H3,(H,9,10)(H2,7,8,11,12). The van der Waals surface area contributed by atoms with Crippen LogP contribution in [-0.2, 0) is 19.2 Å². The summed E-state index contributed by atoms with van der Waals surface area (Å²) in [6.45, 7) is 2.80. The van der Waals surface area contributed by atoms with E-state index in [1.807, 2.05) is 10.6 Å². The number of carbonyl (C=O) groups is 6. The maximum Gasteiger partial charge on any atom is 0.322 e. The van der Waals surface area contributed by atoms with Crippen molar-refractivity contribution >= 4 is 35.8 Å². The third-order valence-electron chi connectivity index (χ3n) is 3.27. The van der Waals surface area contributed by atoms with Crippen LogP contribution in [0.2, 0.25) is 0 Å². The van der Waals surface area contributed by atoms with Crippen LogP contribution >= 0.6 is 0 Å². The van der Waals surface area contributed by atoms with E-state index < -0.39 is 53.3 Å². The summed E-state index contributed by atoms with van der Waals surface area (Å²) < 4.78 is 0. The Morgan fingerprint density at radius 1 is 0.917 bits per heavy atom. The highest BCUT2D eigenvalue weighted by molar-refractivity contribution is 6.08. The van der Waals surface area contributed by atoms with Gasteiger partial charge in [0.25, 0.3) is 11.8 Å². The zero-order chi connectivity index (χ0) is 18.7. The molecule has 2 fully saturated rings. The number of hydrogen-bond acceptors (Lipinski definition) is 6. The predicted molar refractivity (Wildman–Crippen MR) is 76.2 cm³/mol. The minimum absolute atomic E-state index is 0.190. The first-order valence-electron chi connectivity index (χ1n) is 6.65. The lowest BCUT2D eigenvalue weighted by Gasteiger charge is -2.17. The molecule has 0 aliphatic carbocycles. The first-order valence-corrected chi connectivity index (χ1v) is 6.65. The van der Waals surface area contributed by atoms with Crippen molar-refractivity contribution in [2.24, 2.45) is 5.73 Å². The summed E-state index contributed by atoms with van der Waals surface area (Å²) in [4.78, 5) is 64.1. The normalized spacial score (nSPS) is 28.1. The van der Waals surface area contributed by atoms with Crippen molar-refractivity contribution in [2.75, 3.05) is 0 Å². The van der Waals surface area contributed by atoms with Crippen molar-refractivity contribution in [1.29, 1.82) is 0 Å². The van der Waals surface area contributed by atoms with Gasteiger partial charge in [0, 0.05) is 0 Å². The number of carboxylic acid groups (broad SMARTS) is 1. The number of hydrogen-bond donors (Lipinski definition) is 6. The Hall–Kier alpha value is -3.18. The van der Waals surface area contributed by atoms with E-state index in [4.69, 9.17) is 10.8 Å². The molecule has 2 aliphatic rings. The fourth-order valence-electron chi connectivity index (χ4n) is 2.06. The second-order valence-corrected chi connectivity index (χ2v) is 5.69. The summed E-state index contributed by atoms with van der Waals surface area (Å²) in [6, 6.07) is -1.24. The van der Waals surface area contributed by atoms with Gasteiger partial charge in [-0.3, -0.25) is 29.8 Å². The Morgan fingerprint density at radius 3 is 1.54 bits per heavy atom. The molecule has 0 aromatic heterocycles. The topological polar surface area (TPSA) is 197 Å². The molecule has 12 nitrogen and oxygen atoms in total. The molecule has 2 saturated heterocycles. The first kappa shape index (κ1) is 18.9. The number of nitrogens with two attached hydrogens (primary N) is 1. The number of rotatable bonds is 4. The second-order valence-electron chi connectivity index (χ2n) is 5.69. The van der Waals surface area contributed by atoms with Crippen LogP contribution < -0.4 is 27.0 Å². The molecule has 132 valence electrons. The van der Waals surface area contributed by atoms with Gasteiger partial charge in [-0.05, 0) is 13.8 Å². The van der Waals surface area contributed by atoms with E-state index in [1.54, 1.807) is 0 Å². The lowest BCUT2D eigenvalue weighted by molar-refractivity contribution is -0.141. The van der Waals surface area contributed by atoms with Gasteiger partial charge in [0.1, 0.15) is 11.1 Å². The fourth-order valence-corrected chi connectivity index (χ4v) is 2.06. The largest absolute Gasteiger partial charge is 0.481 e. The molecule has 0 aromatic rings. The van der Waals surface area contributed by atoms with E-state index in [2.05, 4.69) is 10.6 Å². The molecular weight excluding hydrogens is 326 g/mol. The third-order valence-corrected chi connectivity index (χ3v) is 3.27. The van der Waals surface area contributed by atoms with Gasteiger partial charge in [-0.2, -0.15) is 0 Å². The number of carbonyl (C=O) groups excluding carboxylic acids is 5. The van der Waals surface area contributed by atoms with E-state index >= 15 is 0 Å². The maximum absolute atomic E-state index is 11.0. The molecule has 0 radical (unpaired) electrons. The van der Waals surface area contributed by atoms with Crippen LogP contribution in [0.15, 0.2) is 0 Å². The average molecular weight is 343 g/mol. The monoisotopic (exact) mass is 343 g/mol. The van der Waals surface area contributed by atoms with Gasteiger partial charge in [-0.1, -0.05) is 0 Å². The molecule has 0 bridgehead atoms. The number of imide groups is 2. The molecule has 0 saturated carbocycles. The number of amides is 7. The van der Waals surface area contributed by atoms with Crippen LogP contribution in [0, 0.1) is 0 Å². The molecule has 12 heteroatoms. The minimum atomic E-state index is -1.30. The van der Waals surface area contributed by atoms with Crippen molar-refractivity contribution in [3.8, 4) is 0 Å². The Labute approximate surface area is 135 Å². The molecule has 7 N–H and O–H groups in total. The summed E-state index contributed by atoms with van der Waals surface area (Å²) in [5.41, 5.74) is 2.41. The van der Waals surface area contributed by atoms with Gasteiger partial charge in [0.05, 0.1) is 12.8 Å². The smallest absolute Gasteiger partial charge is 0.322 e. The lowest BCUT2D eigenvalue weighted by atomic mass is 9.98.